The van der Waals surface area contributed by atoms with Gasteiger partial charge in [0, 0.05) is 12.1 Å². The van der Waals surface area contributed by atoms with Gasteiger partial charge in [0.25, 0.3) is 0 Å². The lowest BCUT2D eigenvalue weighted by Crippen LogP contribution is -2.44. The monoisotopic (exact) mass is 157 g/mol. The van der Waals surface area contributed by atoms with Crippen molar-refractivity contribution in [3.63, 3.8) is 0 Å². The summed E-state index contributed by atoms with van der Waals surface area (Å²) in [4.78, 5) is 10.6. The molecule has 3 atom stereocenters. The predicted molar refractivity (Wildman–Crippen MR) is 42.4 cm³/mol. The molecule has 1 aliphatic heterocycles. The van der Waals surface area contributed by atoms with Gasteiger partial charge in [-0.25, -0.2) is 0 Å². The van der Waals surface area contributed by atoms with Gasteiger partial charge >= 0.3 is 5.97 Å². The SMILES string of the molecule is C[C@@H]1C[C@H](C(=O)O)C[C@H](C)N1. The molecule has 0 saturated carbocycles. The molecule has 0 spiro atoms. The Kier molecular flexibility index (Phi) is 2.49. The molecule has 0 amide bonds. The van der Waals surface area contributed by atoms with E-state index in [9.17, 15) is 4.79 Å². The van der Waals surface area contributed by atoms with Crippen molar-refractivity contribution >= 4 is 5.97 Å². The topological polar surface area (TPSA) is 49.3 Å². The molecule has 64 valence electrons. The van der Waals surface area contributed by atoms with Crippen LogP contribution in [0.25, 0.3) is 0 Å². The van der Waals surface area contributed by atoms with E-state index in [-0.39, 0.29) is 5.92 Å². The highest BCUT2D eigenvalue weighted by Gasteiger charge is 2.27. The smallest absolute Gasteiger partial charge is 0.306 e. The maximum absolute atomic E-state index is 10.6. The van der Waals surface area contributed by atoms with Crippen LogP contribution in [-0.4, -0.2) is 23.2 Å². The zero-order chi connectivity index (χ0) is 8.43. The Morgan fingerprint density at radius 3 is 2.18 bits per heavy atom. The summed E-state index contributed by atoms with van der Waals surface area (Å²) in [6.07, 6.45) is 1.53. The van der Waals surface area contributed by atoms with Crippen molar-refractivity contribution in [2.75, 3.05) is 0 Å². The largest absolute Gasteiger partial charge is 0.481 e. The van der Waals surface area contributed by atoms with Gasteiger partial charge in [-0.05, 0) is 26.7 Å². The average molecular weight is 157 g/mol. The number of piperidine rings is 1. The molecular formula is C8H15NO2. The molecule has 11 heavy (non-hydrogen) atoms. The fourth-order valence-corrected chi connectivity index (χ4v) is 1.77. The zero-order valence-corrected chi connectivity index (χ0v) is 7.00. The second-order valence-corrected chi connectivity index (χ2v) is 3.48. The molecule has 0 bridgehead atoms. The first-order valence-corrected chi connectivity index (χ1v) is 4.08. The van der Waals surface area contributed by atoms with Crippen LogP contribution in [0.2, 0.25) is 0 Å². The first-order chi connectivity index (χ1) is 5.09. The van der Waals surface area contributed by atoms with E-state index in [0.717, 1.165) is 12.8 Å². The molecule has 0 aromatic rings. The number of hydrogen-bond donors (Lipinski definition) is 2. The van der Waals surface area contributed by atoms with Crippen LogP contribution in [0.5, 0.6) is 0 Å². The van der Waals surface area contributed by atoms with Crippen LogP contribution in [0.1, 0.15) is 26.7 Å². The fraction of sp³-hybridized carbons (Fsp3) is 0.875. The number of carboxylic acids is 1. The molecule has 1 saturated heterocycles. The summed E-state index contributed by atoms with van der Waals surface area (Å²) in [5.74, 6) is -0.786. The molecule has 2 N–H and O–H groups in total. The third-order valence-electron chi connectivity index (χ3n) is 2.19. The lowest BCUT2D eigenvalue weighted by molar-refractivity contribution is -0.143. The maximum atomic E-state index is 10.6. The van der Waals surface area contributed by atoms with Crippen molar-refractivity contribution in [3.8, 4) is 0 Å². The fourth-order valence-electron chi connectivity index (χ4n) is 1.77. The van der Waals surface area contributed by atoms with E-state index in [1.54, 1.807) is 0 Å². The Morgan fingerprint density at radius 1 is 1.36 bits per heavy atom. The van der Waals surface area contributed by atoms with Crippen LogP contribution in [0.15, 0.2) is 0 Å². The highest BCUT2D eigenvalue weighted by atomic mass is 16.4. The summed E-state index contributed by atoms with van der Waals surface area (Å²) in [5.41, 5.74) is 0. The Balaban J connectivity index is 2.49. The molecule has 0 aliphatic carbocycles. The normalized spacial score (nSPS) is 38.5. The van der Waals surface area contributed by atoms with Gasteiger partial charge in [-0.1, -0.05) is 0 Å². The minimum Gasteiger partial charge on any atom is -0.481 e. The van der Waals surface area contributed by atoms with Gasteiger partial charge in [0.1, 0.15) is 0 Å². The van der Waals surface area contributed by atoms with Gasteiger partial charge in [-0.3, -0.25) is 4.79 Å². The van der Waals surface area contributed by atoms with Gasteiger partial charge in [0.15, 0.2) is 0 Å². The summed E-state index contributed by atoms with van der Waals surface area (Å²) in [6, 6.07) is 0.694. The van der Waals surface area contributed by atoms with E-state index in [4.69, 9.17) is 5.11 Å². The maximum Gasteiger partial charge on any atom is 0.306 e. The third kappa shape index (κ3) is 2.19. The number of carboxylic acid groups (broad SMARTS) is 1. The van der Waals surface area contributed by atoms with E-state index in [1.807, 2.05) is 13.8 Å². The Labute approximate surface area is 66.8 Å². The molecule has 0 aromatic carbocycles. The summed E-state index contributed by atoms with van der Waals surface area (Å²) in [7, 11) is 0. The van der Waals surface area contributed by atoms with Crippen LogP contribution < -0.4 is 5.32 Å². The lowest BCUT2D eigenvalue weighted by atomic mass is 9.89. The van der Waals surface area contributed by atoms with Crippen molar-refractivity contribution in [1.82, 2.24) is 5.32 Å². The number of carbonyl (C=O) groups is 1. The Bertz CT molecular complexity index is 148. The highest BCUT2D eigenvalue weighted by molar-refractivity contribution is 5.70. The minimum absolute atomic E-state index is 0.138. The number of nitrogens with one attached hydrogen (secondary N) is 1. The zero-order valence-electron chi connectivity index (χ0n) is 7.00. The van der Waals surface area contributed by atoms with Crippen molar-refractivity contribution in [1.29, 1.82) is 0 Å². The Morgan fingerprint density at radius 2 is 1.82 bits per heavy atom. The molecule has 3 nitrogen and oxygen atoms in total. The van der Waals surface area contributed by atoms with E-state index < -0.39 is 5.97 Å². The van der Waals surface area contributed by atoms with Crippen molar-refractivity contribution in [2.24, 2.45) is 5.92 Å². The van der Waals surface area contributed by atoms with E-state index in [0.29, 0.717) is 12.1 Å². The van der Waals surface area contributed by atoms with Gasteiger partial charge in [-0.2, -0.15) is 0 Å². The first-order valence-electron chi connectivity index (χ1n) is 4.08. The van der Waals surface area contributed by atoms with Crippen LogP contribution >= 0.6 is 0 Å². The molecule has 1 rings (SSSR count). The summed E-state index contributed by atoms with van der Waals surface area (Å²) in [5, 5.41) is 12.0. The molecule has 3 heteroatoms. The second kappa shape index (κ2) is 3.22. The van der Waals surface area contributed by atoms with Gasteiger partial charge in [0.05, 0.1) is 5.92 Å². The van der Waals surface area contributed by atoms with Crippen LogP contribution in [-0.2, 0) is 4.79 Å². The first kappa shape index (κ1) is 8.53. The average Bonchev–Trinajstić information content (AvgIpc) is 1.85. The number of hydrogen-bond acceptors (Lipinski definition) is 2. The quantitative estimate of drug-likeness (QED) is 0.593. The molecule has 0 aromatic heterocycles. The molecule has 0 unspecified atom stereocenters. The molecule has 1 heterocycles. The van der Waals surface area contributed by atoms with Crippen LogP contribution in [0.3, 0.4) is 0 Å². The number of aliphatic carboxylic acids is 1. The van der Waals surface area contributed by atoms with Gasteiger partial charge < -0.3 is 10.4 Å². The summed E-state index contributed by atoms with van der Waals surface area (Å²) >= 11 is 0. The minimum atomic E-state index is -0.648. The highest BCUT2D eigenvalue weighted by Crippen LogP contribution is 2.19. The van der Waals surface area contributed by atoms with E-state index in [2.05, 4.69) is 5.32 Å². The molecular weight excluding hydrogens is 142 g/mol. The van der Waals surface area contributed by atoms with Crippen LogP contribution in [0.4, 0.5) is 0 Å². The molecule has 1 aliphatic rings. The van der Waals surface area contributed by atoms with Crippen LogP contribution in [0, 0.1) is 5.92 Å². The lowest BCUT2D eigenvalue weighted by Gasteiger charge is -2.30. The molecule has 0 radical (unpaired) electrons. The van der Waals surface area contributed by atoms with Crippen molar-refractivity contribution in [3.05, 3.63) is 0 Å². The van der Waals surface area contributed by atoms with E-state index in [1.165, 1.54) is 0 Å². The molecule has 1 fully saturated rings. The second-order valence-electron chi connectivity index (χ2n) is 3.48. The van der Waals surface area contributed by atoms with E-state index >= 15 is 0 Å². The van der Waals surface area contributed by atoms with Crippen molar-refractivity contribution < 1.29 is 9.90 Å². The Hall–Kier alpha value is -0.570. The predicted octanol–water partition coefficient (Wildman–Crippen LogP) is 0.848. The van der Waals surface area contributed by atoms with Gasteiger partial charge in [-0.15, -0.1) is 0 Å². The number of rotatable bonds is 1. The summed E-state index contributed by atoms with van der Waals surface area (Å²) < 4.78 is 0. The summed E-state index contributed by atoms with van der Waals surface area (Å²) in [6.45, 7) is 4.07. The van der Waals surface area contributed by atoms with Crippen molar-refractivity contribution in [2.45, 2.75) is 38.8 Å². The van der Waals surface area contributed by atoms with Gasteiger partial charge in [0.2, 0.25) is 0 Å². The third-order valence-corrected chi connectivity index (χ3v) is 2.19. The standard InChI is InChI=1S/C8H15NO2/c1-5-3-7(8(10)11)4-6(2)9-5/h5-7,9H,3-4H2,1-2H3,(H,10,11)/t5-,6+,7+.